The van der Waals surface area contributed by atoms with Gasteiger partial charge in [0.15, 0.2) is 0 Å². The monoisotopic (exact) mass is 256 g/mol. The smallest absolute Gasteiger partial charge is 0.331 e. The summed E-state index contributed by atoms with van der Waals surface area (Å²) in [4.78, 5) is 21.9. The van der Waals surface area contributed by atoms with Crippen molar-refractivity contribution in [2.75, 3.05) is 0 Å². The van der Waals surface area contributed by atoms with Crippen molar-refractivity contribution >= 4 is 11.9 Å². The molecule has 0 unspecified atom stereocenters. The molecular formula is C14H24O4. The Kier molecular flexibility index (Phi) is 8.97. The molecule has 0 fully saturated rings. The minimum Gasteiger partial charge on any atom is -0.481 e. The number of allylic oxidation sites excluding steroid dienone is 1. The summed E-state index contributed by atoms with van der Waals surface area (Å²) in [5, 5.41) is 17.9. The van der Waals surface area contributed by atoms with E-state index in [4.69, 9.17) is 5.11 Å². The van der Waals surface area contributed by atoms with Crippen molar-refractivity contribution in [2.45, 2.75) is 65.2 Å². The zero-order chi connectivity index (χ0) is 14.0. The summed E-state index contributed by atoms with van der Waals surface area (Å²) in [6.07, 6.45) is 5.30. The number of hydrogen-bond donors (Lipinski definition) is 2. The fourth-order valence-corrected chi connectivity index (χ4v) is 1.86. The SMILES string of the molecule is CCCC/C(CCC(=O)O)=C(/CCCC)C(=O)O. The van der Waals surface area contributed by atoms with Gasteiger partial charge in [-0.1, -0.05) is 32.3 Å². The van der Waals surface area contributed by atoms with Gasteiger partial charge in [0.2, 0.25) is 0 Å². The van der Waals surface area contributed by atoms with Crippen LogP contribution in [-0.2, 0) is 9.59 Å². The van der Waals surface area contributed by atoms with Crippen LogP contribution in [0.15, 0.2) is 11.1 Å². The molecule has 0 amide bonds. The normalized spacial score (nSPS) is 12.1. The molecule has 0 rings (SSSR count). The van der Waals surface area contributed by atoms with E-state index in [1.165, 1.54) is 0 Å². The summed E-state index contributed by atoms with van der Waals surface area (Å²) >= 11 is 0. The predicted molar refractivity (Wildman–Crippen MR) is 70.6 cm³/mol. The first-order chi connectivity index (χ1) is 8.52. The maximum atomic E-state index is 11.2. The Morgan fingerprint density at radius 1 is 0.833 bits per heavy atom. The molecule has 0 heterocycles. The Labute approximate surface area is 109 Å². The Hall–Kier alpha value is -1.32. The maximum Gasteiger partial charge on any atom is 0.331 e. The highest BCUT2D eigenvalue weighted by molar-refractivity contribution is 5.87. The highest BCUT2D eigenvalue weighted by atomic mass is 16.4. The minimum absolute atomic E-state index is 0.0158. The summed E-state index contributed by atoms with van der Waals surface area (Å²) in [6, 6.07) is 0. The van der Waals surface area contributed by atoms with E-state index in [1.807, 2.05) is 13.8 Å². The summed E-state index contributed by atoms with van der Waals surface area (Å²) in [7, 11) is 0. The van der Waals surface area contributed by atoms with Crippen molar-refractivity contribution < 1.29 is 19.8 Å². The number of carboxylic acids is 2. The maximum absolute atomic E-state index is 11.2. The van der Waals surface area contributed by atoms with Gasteiger partial charge >= 0.3 is 11.9 Å². The third-order valence-corrected chi connectivity index (χ3v) is 2.94. The second-order valence-corrected chi connectivity index (χ2v) is 4.49. The summed E-state index contributed by atoms with van der Waals surface area (Å²) in [6.45, 7) is 4.06. The molecule has 0 bridgehead atoms. The molecule has 0 saturated carbocycles. The zero-order valence-corrected chi connectivity index (χ0v) is 11.4. The Morgan fingerprint density at radius 2 is 1.39 bits per heavy atom. The molecule has 18 heavy (non-hydrogen) atoms. The molecule has 0 aliphatic carbocycles. The highest BCUT2D eigenvalue weighted by Gasteiger charge is 2.14. The van der Waals surface area contributed by atoms with Crippen LogP contribution < -0.4 is 0 Å². The van der Waals surface area contributed by atoms with Gasteiger partial charge in [-0.15, -0.1) is 0 Å². The third-order valence-electron chi connectivity index (χ3n) is 2.94. The van der Waals surface area contributed by atoms with E-state index in [1.54, 1.807) is 0 Å². The number of aliphatic carboxylic acids is 2. The van der Waals surface area contributed by atoms with Gasteiger partial charge in [0.25, 0.3) is 0 Å². The average Bonchev–Trinajstić information content (AvgIpc) is 2.31. The van der Waals surface area contributed by atoms with Gasteiger partial charge in [-0.05, 0) is 32.1 Å². The lowest BCUT2D eigenvalue weighted by Crippen LogP contribution is -2.07. The molecule has 0 aromatic carbocycles. The number of carbonyl (C=O) groups is 2. The molecule has 4 nitrogen and oxygen atoms in total. The largest absolute Gasteiger partial charge is 0.481 e. The van der Waals surface area contributed by atoms with Gasteiger partial charge in [-0.25, -0.2) is 4.79 Å². The van der Waals surface area contributed by atoms with Gasteiger partial charge in [-0.3, -0.25) is 4.79 Å². The topological polar surface area (TPSA) is 74.6 Å². The van der Waals surface area contributed by atoms with Crippen molar-refractivity contribution in [2.24, 2.45) is 0 Å². The fourth-order valence-electron chi connectivity index (χ4n) is 1.86. The molecule has 2 N–H and O–H groups in total. The lowest BCUT2D eigenvalue weighted by molar-refractivity contribution is -0.137. The summed E-state index contributed by atoms with van der Waals surface area (Å²) < 4.78 is 0. The number of rotatable bonds is 10. The first-order valence-corrected chi connectivity index (χ1v) is 6.68. The van der Waals surface area contributed by atoms with Crippen LogP contribution in [0.3, 0.4) is 0 Å². The minimum atomic E-state index is -0.889. The van der Waals surface area contributed by atoms with Crippen LogP contribution in [0.25, 0.3) is 0 Å². The van der Waals surface area contributed by atoms with E-state index >= 15 is 0 Å². The third kappa shape index (κ3) is 7.09. The zero-order valence-electron chi connectivity index (χ0n) is 11.4. The molecule has 104 valence electrons. The number of unbranched alkanes of at least 4 members (excludes halogenated alkanes) is 2. The second kappa shape index (κ2) is 9.68. The van der Waals surface area contributed by atoms with Crippen LogP contribution in [-0.4, -0.2) is 22.2 Å². The van der Waals surface area contributed by atoms with Crippen LogP contribution in [0, 0.1) is 0 Å². The van der Waals surface area contributed by atoms with E-state index in [0.717, 1.165) is 31.3 Å². The van der Waals surface area contributed by atoms with Crippen molar-refractivity contribution in [3.05, 3.63) is 11.1 Å². The van der Waals surface area contributed by atoms with Gasteiger partial charge in [0, 0.05) is 12.0 Å². The van der Waals surface area contributed by atoms with Crippen LogP contribution in [0.2, 0.25) is 0 Å². The molecule has 0 atom stereocenters. The van der Waals surface area contributed by atoms with E-state index in [0.29, 0.717) is 24.8 Å². The molecule has 0 aliphatic heterocycles. The highest BCUT2D eigenvalue weighted by Crippen LogP contribution is 2.22. The van der Waals surface area contributed by atoms with Crippen LogP contribution >= 0.6 is 0 Å². The molecule has 0 saturated heterocycles. The average molecular weight is 256 g/mol. The lowest BCUT2D eigenvalue weighted by Gasteiger charge is -2.11. The van der Waals surface area contributed by atoms with E-state index in [-0.39, 0.29) is 6.42 Å². The van der Waals surface area contributed by atoms with Crippen molar-refractivity contribution in [1.29, 1.82) is 0 Å². The van der Waals surface area contributed by atoms with Crippen LogP contribution in [0.1, 0.15) is 65.2 Å². The molecule has 0 aliphatic rings. The van der Waals surface area contributed by atoms with Crippen LogP contribution in [0.5, 0.6) is 0 Å². The van der Waals surface area contributed by atoms with Gasteiger partial charge < -0.3 is 10.2 Å². The predicted octanol–water partition coefficient (Wildman–Crippen LogP) is 3.61. The molecule has 0 radical (unpaired) electrons. The van der Waals surface area contributed by atoms with Crippen molar-refractivity contribution in [1.82, 2.24) is 0 Å². The van der Waals surface area contributed by atoms with Gasteiger partial charge in [-0.2, -0.15) is 0 Å². The van der Waals surface area contributed by atoms with E-state index in [2.05, 4.69) is 0 Å². The standard InChI is InChI=1S/C14H24O4/c1-3-5-7-11(9-10-13(15)16)12(14(17)18)8-6-4-2/h3-10H2,1-2H3,(H,15,16)(H,17,18)/b12-11+. The van der Waals surface area contributed by atoms with Crippen LogP contribution in [0.4, 0.5) is 0 Å². The first-order valence-electron chi connectivity index (χ1n) is 6.68. The molecule has 4 heteroatoms. The molecular weight excluding hydrogens is 232 g/mol. The second-order valence-electron chi connectivity index (χ2n) is 4.49. The van der Waals surface area contributed by atoms with E-state index < -0.39 is 11.9 Å². The molecule has 0 aromatic heterocycles. The van der Waals surface area contributed by atoms with Gasteiger partial charge in [0.05, 0.1) is 0 Å². The van der Waals surface area contributed by atoms with Crippen molar-refractivity contribution in [3.63, 3.8) is 0 Å². The molecule has 0 aromatic rings. The fraction of sp³-hybridized carbons (Fsp3) is 0.714. The Morgan fingerprint density at radius 3 is 1.83 bits per heavy atom. The molecule has 0 spiro atoms. The first kappa shape index (κ1) is 16.7. The van der Waals surface area contributed by atoms with Gasteiger partial charge in [0.1, 0.15) is 0 Å². The Bertz CT molecular complexity index is 305. The number of carboxylic acid groups (broad SMARTS) is 2. The Balaban J connectivity index is 4.86. The van der Waals surface area contributed by atoms with Crippen molar-refractivity contribution in [3.8, 4) is 0 Å². The quantitative estimate of drug-likeness (QED) is 0.585. The van der Waals surface area contributed by atoms with E-state index in [9.17, 15) is 14.7 Å². The number of hydrogen-bond acceptors (Lipinski definition) is 2. The summed E-state index contributed by atoms with van der Waals surface area (Å²) in [5.41, 5.74) is 1.26. The lowest BCUT2D eigenvalue weighted by atomic mass is 9.94. The summed E-state index contributed by atoms with van der Waals surface area (Å²) in [5.74, 6) is -1.76.